The van der Waals surface area contributed by atoms with E-state index in [0.717, 1.165) is 18.4 Å². The molecular formula is C22H24N2O6S. The molecule has 2 aromatic rings. The van der Waals surface area contributed by atoms with E-state index in [1.165, 1.54) is 12.1 Å². The van der Waals surface area contributed by atoms with Crippen LogP contribution in [0.25, 0.3) is 0 Å². The zero-order chi connectivity index (χ0) is 21.8. The molecule has 0 aromatic heterocycles. The molecular weight excluding hydrogens is 420 g/mol. The maximum absolute atomic E-state index is 12.4. The van der Waals surface area contributed by atoms with Gasteiger partial charge in [-0.15, -0.1) is 0 Å². The Morgan fingerprint density at radius 1 is 0.935 bits per heavy atom. The van der Waals surface area contributed by atoms with Crippen LogP contribution in [0.2, 0.25) is 0 Å². The second kappa shape index (κ2) is 9.07. The molecule has 2 aliphatic rings. The molecule has 1 aliphatic heterocycles. The van der Waals surface area contributed by atoms with E-state index >= 15 is 0 Å². The number of ketones is 1. The average Bonchev–Trinajstić information content (AvgIpc) is 3.59. The Labute approximate surface area is 181 Å². The van der Waals surface area contributed by atoms with E-state index in [1.54, 1.807) is 30.3 Å². The number of fused-ring (bicyclic) bond motifs is 1. The van der Waals surface area contributed by atoms with Crippen molar-refractivity contribution in [1.82, 2.24) is 10.0 Å². The van der Waals surface area contributed by atoms with Crippen LogP contribution in [0.3, 0.4) is 0 Å². The fourth-order valence-electron chi connectivity index (χ4n) is 3.15. The number of rotatable bonds is 9. The van der Waals surface area contributed by atoms with Crippen LogP contribution in [-0.4, -0.2) is 39.4 Å². The van der Waals surface area contributed by atoms with E-state index in [9.17, 15) is 18.0 Å². The number of nitrogens with one attached hydrogen (secondary N) is 2. The lowest BCUT2D eigenvalue weighted by Gasteiger charge is -2.18. The molecule has 9 heteroatoms. The summed E-state index contributed by atoms with van der Waals surface area (Å²) >= 11 is 0. The van der Waals surface area contributed by atoms with E-state index in [4.69, 9.17) is 9.47 Å². The third-order valence-corrected chi connectivity index (χ3v) is 6.60. The lowest BCUT2D eigenvalue weighted by atomic mass is 10.1. The highest BCUT2D eigenvalue weighted by Gasteiger charge is 2.27. The smallest absolute Gasteiger partial charge is 0.240 e. The molecule has 0 radical (unpaired) electrons. The first-order valence-electron chi connectivity index (χ1n) is 10.2. The van der Waals surface area contributed by atoms with Crippen LogP contribution in [-0.2, 0) is 21.4 Å². The summed E-state index contributed by atoms with van der Waals surface area (Å²) in [7, 11) is -3.49. The number of sulfonamides is 1. The number of hydrogen-bond acceptors (Lipinski definition) is 6. The molecule has 1 fully saturated rings. The van der Waals surface area contributed by atoms with Gasteiger partial charge in [0.25, 0.3) is 0 Å². The van der Waals surface area contributed by atoms with Gasteiger partial charge in [0.05, 0.1) is 4.90 Å². The predicted molar refractivity (Wildman–Crippen MR) is 113 cm³/mol. The van der Waals surface area contributed by atoms with Crippen LogP contribution in [0.15, 0.2) is 47.4 Å². The average molecular weight is 445 g/mol. The topological polar surface area (TPSA) is 111 Å². The summed E-state index contributed by atoms with van der Waals surface area (Å²) in [4.78, 5) is 24.7. The Morgan fingerprint density at radius 3 is 2.35 bits per heavy atom. The Bertz CT molecular complexity index is 1080. The van der Waals surface area contributed by atoms with Gasteiger partial charge in [-0.3, -0.25) is 9.59 Å². The molecule has 164 valence electrons. The summed E-state index contributed by atoms with van der Waals surface area (Å²) in [6, 6.07) is 11.4. The van der Waals surface area contributed by atoms with Crippen molar-refractivity contribution < 1.29 is 27.5 Å². The molecule has 1 saturated carbocycles. The maximum Gasteiger partial charge on any atom is 0.240 e. The second-order valence-corrected chi connectivity index (χ2v) is 9.31. The SMILES string of the molecule is O=C(CCC(=O)c1ccc2c(c1)OCCO2)NCc1ccc(S(=O)(=O)NC2CC2)cc1. The van der Waals surface area contributed by atoms with Gasteiger partial charge in [0.1, 0.15) is 13.2 Å². The number of carbonyl (C=O) groups is 2. The van der Waals surface area contributed by atoms with Crippen molar-refractivity contribution in [3.8, 4) is 11.5 Å². The van der Waals surface area contributed by atoms with Gasteiger partial charge < -0.3 is 14.8 Å². The molecule has 0 spiro atoms. The van der Waals surface area contributed by atoms with Crippen molar-refractivity contribution >= 4 is 21.7 Å². The van der Waals surface area contributed by atoms with Crippen molar-refractivity contribution in [2.45, 2.75) is 43.2 Å². The minimum atomic E-state index is -3.49. The van der Waals surface area contributed by atoms with Crippen molar-refractivity contribution in [2.75, 3.05) is 13.2 Å². The lowest BCUT2D eigenvalue weighted by molar-refractivity contribution is -0.121. The molecule has 2 aromatic carbocycles. The van der Waals surface area contributed by atoms with Gasteiger partial charge in [-0.25, -0.2) is 13.1 Å². The van der Waals surface area contributed by atoms with E-state index in [2.05, 4.69) is 10.0 Å². The summed E-state index contributed by atoms with van der Waals surface area (Å²) < 4.78 is 37.9. The zero-order valence-corrected chi connectivity index (χ0v) is 17.7. The molecule has 1 aliphatic carbocycles. The molecule has 0 bridgehead atoms. The van der Waals surface area contributed by atoms with E-state index in [1.807, 2.05) is 0 Å². The number of ether oxygens (including phenoxy) is 2. The summed E-state index contributed by atoms with van der Waals surface area (Å²) in [5.74, 6) is 0.755. The van der Waals surface area contributed by atoms with Crippen LogP contribution in [0.1, 0.15) is 41.6 Å². The van der Waals surface area contributed by atoms with Crippen molar-refractivity contribution in [3.05, 3.63) is 53.6 Å². The minimum Gasteiger partial charge on any atom is -0.486 e. The number of Topliss-reactive ketones (excluding diaryl/α,β-unsaturated/α-hetero) is 1. The monoisotopic (exact) mass is 444 g/mol. The van der Waals surface area contributed by atoms with Gasteiger partial charge in [-0.05, 0) is 48.7 Å². The number of hydrogen-bond donors (Lipinski definition) is 2. The minimum absolute atomic E-state index is 0.0499. The van der Waals surface area contributed by atoms with Crippen molar-refractivity contribution in [2.24, 2.45) is 0 Å². The first-order valence-corrected chi connectivity index (χ1v) is 11.7. The standard InChI is InChI=1S/C22H24N2O6S/c25-19(16-3-9-20-21(13-16)30-12-11-29-20)8-10-22(26)23-14-15-1-6-18(7-2-15)31(27,28)24-17-4-5-17/h1-3,6-7,9,13,17,24H,4-5,8,10-12,14H2,(H,23,26). The molecule has 8 nitrogen and oxygen atoms in total. The lowest BCUT2D eigenvalue weighted by Crippen LogP contribution is -2.26. The van der Waals surface area contributed by atoms with Gasteiger partial charge in [-0.1, -0.05) is 12.1 Å². The highest BCUT2D eigenvalue weighted by Crippen LogP contribution is 2.31. The van der Waals surface area contributed by atoms with Gasteiger partial charge in [0.15, 0.2) is 17.3 Å². The molecule has 31 heavy (non-hydrogen) atoms. The highest BCUT2D eigenvalue weighted by atomic mass is 32.2. The summed E-state index contributed by atoms with van der Waals surface area (Å²) in [5.41, 5.74) is 1.26. The highest BCUT2D eigenvalue weighted by molar-refractivity contribution is 7.89. The van der Waals surface area contributed by atoms with E-state index in [0.29, 0.717) is 30.3 Å². The summed E-state index contributed by atoms with van der Waals surface area (Å²) in [6.07, 6.45) is 1.89. The molecule has 4 rings (SSSR count). The van der Waals surface area contributed by atoms with Crippen molar-refractivity contribution in [3.63, 3.8) is 0 Å². The number of carbonyl (C=O) groups excluding carboxylic acids is 2. The normalized spacial score (nSPS) is 15.4. The summed E-state index contributed by atoms with van der Waals surface area (Å²) in [6.45, 7) is 1.18. The first-order chi connectivity index (χ1) is 14.9. The van der Waals surface area contributed by atoms with Crippen LogP contribution < -0.4 is 19.5 Å². The Balaban J connectivity index is 1.24. The van der Waals surface area contributed by atoms with Gasteiger partial charge in [0, 0.05) is 31.0 Å². The van der Waals surface area contributed by atoms with Gasteiger partial charge in [0.2, 0.25) is 15.9 Å². The fourth-order valence-corrected chi connectivity index (χ4v) is 4.46. The molecule has 1 heterocycles. The quantitative estimate of drug-likeness (QED) is 0.574. The van der Waals surface area contributed by atoms with Gasteiger partial charge in [-0.2, -0.15) is 0 Å². The van der Waals surface area contributed by atoms with Crippen molar-refractivity contribution in [1.29, 1.82) is 0 Å². The Hall–Kier alpha value is -2.91. The Kier molecular flexibility index (Phi) is 6.24. The third kappa shape index (κ3) is 5.62. The van der Waals surface area contributed by atoms with Crippen LogP contribution in [0.5, 0.6) is 11.5 Å². The fraction of sp³-hybridized carbons (Fsp3) is 0.364. The maximum atomic E-state index is 12.4. The molecule has 2 N–H and O–H groups in total. The number of benzene rings is 2. The van der Waals surface area contributed by atoms with E-state index in [-0.39, 0.29) is 42.0 Å². The van der Waals surface area contributed by atoms with Crippen LogP contribution in [0, 0.1) is 0 Å². The Morgan fingerprint density at radius 2 is 1.65 bits per heavy atom. The predicted octanol–water partition coefficient (Wildman–Crippen LogP) is 2.18. The zero-order valence-electron chi connectivity index (χ0n) is 16.9. The summed E-state index contributed by atoms with van der Waals surface area (Å²) in [5, 5.41) is 2.76. The van der Waals surface area contributed by atoms with Gasteiger partial charge >= 0.3 is 0 Å². The van der Waals surface area contributed by atoms with Crippen LogP contribution >= 0.6 is 0 Å². The molecule has 0 atom stereocenters. The first kappa shape index (κ1) is 21.3. The third-order valence-electron chi connectivity index (χ3n) is 5.07. The largest absolute Gasteiger partial charge is 0.486 e. The molecule has 1 amide bonds. The second-order valence-electron chi connectivity index (χ2n) is 7.60. The molecule has 0 saturated heterocycles. The van der Waals surface area contributed by atoms with Crippen LogP contribution in [0.4, 0.5) is 0 Å². The molecule has 0 unspecified atom stereocenters. The van der Waals surface area contributed by atoms with E-state index < -0.39 is 10.0 Å². The number of amides is 1.